The standard InChI is InChI=1S/C10H9Cl2N3S/c1-2-16-10-13-9(14-15-10)7-4-3-6(11)5-8(7)12/h3-5H,2H2,1H3,(H,13,14,15). The van der Waals surface area contributed by atoms with Gasteiger partial charge in [-0.3, -0.25) is 5.10 Å². The fourth-order valence-corrected chi connectivity index (χ4v) is 2.26. The van der Waals surface area contributed by atoms with Gasteiger partial charge in [0, 0.05) is 10.6 Å². The number of H-pyrrole nitrogens is 1. The Morgan fingerprint density at radius 1 is 1.38 bits per heavy atom. The maximum absolute atomic E-state index is 6.07. The zero-order chi connectivity index (χ0) is 11.5. The predicted molar refractivity (Wildman–Crippen MR) is 68.2 cm³/mol. The van der Waals surface area contributed by atoms with Gasteiger partial charge in [0.15, 0.2) is 5.82 Å². The highest BCUT2D eigenvalue weighted by Gasteiger charge is 2.09. The van der Waals surface area contributed by atoms with Crippen LogP contribution in [0.4, 0.5) is 0 Å². The van der Waals surface area contributed by atoms with Crippen LogP contribution in [0, 0.1) is 0 Å². The molecule has 0 spiro atoms. The number of hydrogen-bond acceptors (Lipinski definition) is 3. The number of benzene rings is 1. The molecule has 1 heterocycles. The first-order valence-corrected chi connectivity index (χ1v) is 6.45. The fourth-order valence-electron chi connectivity index (χ4n) is 1.24. The minimum absolute atomic E-state index is 0.566. The third-order valence-electron chi connectivity index (χ3n) is 1.92. The lowest BCUT2D eigenvalue weighted by molar-refractivity contribution is 0.974. The summed E-state index contributed by atoms with van der Waals surface area (Å²) in [7, 11) is 0. The van der Waals surface area contributed by atoms with Crippen LogP contribution in [0.15, 0.2) is 23.4 Å². The minimum Gasteiger partial charge on any atom is -0.258 e. The third kappa shape index (κ3) is 2.51. The van der Waals surface area contributed by atoms with Crippen molar-refractivity contribution in [2.45, 2.75) is 12.1 Å². The number of aromatic amines is 1. The molecule has 6 heteroatoms. The van der Waals surface area contributed by atoms with Crippen molar-refractivity contribution in [1.29, 1.82) is 0 Å². The molecule has 16 heavy (non-hydrogen) atoms. The normalized spacial score (nSPS) is 10.7. The van der Waals surface area contributed by atoms with E-state index in [2.05, 4.69) is 22.1 Å². The van der Waals surface area contributed by atoms with Crippen LogP contribution in [0.5, 0.6) is 0 Å². The lowest BCUT2D eigenvalue weighted by Crippen LogP contribution is -1.82. The molecule has 0 unspecified atom stereocenters. The summed E-state index contributed by atoms with van der Waals surface area (Å²) in [5.74, 6) is 1.60. The maximum Gasteiger partial charge on any atom is 0.208 e. The highest BCUT2D eigenvalue weighted by Crippen LogP contribution is 2.28. The average molecular weight is 274 g/mol. The third-order valence-corrected chi connectivity index (χ3v) is 3.20. The van der Waals surface area contributed by atoms with Crippen molar-refractivity contribution in [3.05, 3.63) is 28.2 Å². The van der Waals surface area contributed by atoms with Gasteiger partial charge in [0.1, 0.15) is 0 Å². The first-order chi connectivity index (χ1) is 7.70. The van der Waals surface area contributed by atoms with E-state index in [0.717, 1.165) is 16.5 Å². The van der Waals surface area contributed by atoms with Gasteiger partial charge in [-0.1, -0.05) is 41.9 Å². The molecule has 3 nitrogen and oxygen atoms in total. The van der Waals surface area contributed by atoms with Crippen molar-refractivity contribution in [3.8, 4) is 11.4 Å². The Labute approximate surface area is 108 Å². The van der Waals surface area contributed by atoms with Crippen molar-refractivity contribution in [3.63, 3.8) is 0 Å². The molecule has 2 aromatic rings. The molecule has 0 aliphatic carbocycles. The summed E-state index contributed by atoms with van der Waals surface area (Å²) in [5, 5.41) is 8.84. The summed E-state index contributed by atoms with van der Waals surface area (Å²) >= 11 is 13.5. The highest BCUT2D eigenvalue weighted by atomic mass is 35.5. The molecule has 1 aromatic carbocycles. The zero-order valence-electron chi connectivity index (χ0n) is 8.50. The molecule has 0 fully saturated rings. The van der Waals surface area contributed by atoms with E-state index in [4.69, 9.17) is 23.2 Å². The van der Waals surface area contributed by atoms with Crippen molar-refractivity contribution in [2.24, 2.45) is 0 Å². The zero-order valence-corrected chi connectivity index (χ0v) is 10.8. The summed E-state index contributed by atoms with van der Waals surface area (Å²) in [6.45, 7) is 2.05. The topological polar surface area (TPSA) is 41.6 Å². The van der Waals surface area contributed by atoms with Crippen LogP contribution in [-0.2, 0) is 0 Å². The van der Waals surface area contributed by atoms with Crippen LogP contribution in [0.3, 0.4) is 0 Å². The van der Waals surface area contributed by atoms with Crippen molar-refractivity contribution in [2.75, 3.05) is 5.75 Å². The van der Waals surface area contributed by atoms with Crippen LogP contribution in [0.1, 0.15) is 6.92 Å². The van der Waals surface area contributed by atoms with E-state index in [9.17, 15) is 0 Å². The summed E-state index contributed by atoms with van der Waals surface area (Å²) in [6.07, 6.45) is 0. The minimum atomic E-state index is 0.566. The van der Waals surface area contributed by atoms with Gasteiger partial charge in [0.05, 0.1) is 5.02 Å². The molecule has 84 valence electrons. The molecule has 0 saturated carbocycles. The van der Waals surface area contributed by atoms with Crippen LogP contribution < -0.4 is 0 Å². The first kappa shape index (κ1) is 11.8. The van der Waals surface area contributed by atoms with Crippen molar-refractivity contribution in [1.82, 2.24) is 15.2 Å². The Bertz CT molecular complexity index is 499. The van der Waals surface area contributed by atoms with Gasteiger partial charge in [0.2, 0.25) is 5.16 Å². The summed E-state index contributed by atoms with van der Waals surface area (Å²) in [5.41, 5.74) is 0.807. The SMILES string of the molecule is CCSc1n[nH]c(-c2ccc(Cl)cc2Cl)n1. The second kappa shape index (κ2) is 5.08. The lowest BCUT2D eigenvalue weighted by Gasteiger charge is -1.99. The van der Waals surface area contributed by atoms with Crippen molar-refractivity contribution < 1.29 is 0 Å². The maximum atomic E-state index is 6.07. The van der Waals surface area contributed by atoms with E-state index in [1.54, 1.807) is 23.9 Å². The van der Waals surface area contributed by atoms with Gasteiger partial charge >= 0.3 is 0 Å². The Morgan fingerprint density at radius 2 is 2.19 bits per heavy atom. The molecule has 1 N–H and O–H groups in total. The first-order valence-electron chi connectivity index (χ1n) is 4.71. The molecule has 0 radical (unpaired) electrons. The highest BCUT2D eigenvalue weighted by molar-refractivity contribution is 7.99. The van der Waals surface area contributed by atoms with E-state index in [0.29, 0.717) is 15.9 Å². The molecule has 0 aliphatic heterocycles. The smallest absolute Gasteiger partial charge is 0.208 e. The summed E-state index contributed by atoms with van der Waals surface area (Å²) in [6, 6.07) is 5.29. The van der Waals surface area contributed by atoms with Gasteiger partial charge < -0.3 is 0 Å². The molecule has 0 bridgehead atoms. The number of halogens is 2. The van der Waals surface area contributed by atoms with Gasteiger partial charge in [-0.2, -0.15) is 0 Å². The van der Waals surface area contributed by atoms with Gasteiger partial charge in [-0.25, -0.2) is 4.98 Å². The number of nitrogens with zero attached hydrogens (tertiary/aromatic N) is 2. The quantitative estimate of drug-likeness (QED) is 0.863. The van der Waals surface area contributed by atoms with Crippen LogP contribution in [0.2, 0.25) is 10.0 Å². The molecule has 2 rings (SSSR count). The van der Waals surface area contributed by atoms with E-state index in [1.807, 2.05) is 6.07 Å². The van der Waals surface area contributed by atoms with E-state index in [-0.39, 0.29) is 0 Å². The second-order valence-corrected chi connectivity index (χ2v) is 5.10. The lowest BCUT2D eigenvalue weighted by atomic mass is 10.2. The number of thioether (sulfide) groups is 1. The predicted octanol–water partition coefficient (Wildman–Crippen LogP) is 3.89. The molecule has 0 saturated heterocycles. The van der Waals surface area contributed by atoms with Crippen LogP contribution >= 0.6 is 35.0 Å². The van der Waals surface area contributed by atoms with Crippen LogP contribution in [0.25, 0.3) is 11.4 Å². The number of nitrogens with one attached hydrogen (secondary N) is 1. The van der Waals surface area contributed by atoms with E-state index in [1.165, 1.54) is 0 Å². The molecular weight excluding hydrogens is 265 g/mol. The summed E-state index contributed by atoms with van der Waals surface area (Å²) in [4.78, 5) is 4.33. The van der Waals surface area contributed by atoms with Crippen LogP contribution in [-0.4, -0.2) is 20.9 Å². The Balaban J connectivity index is 2.35. The molecule has 0 aliphatic rings. The second-order valence-electron chi connectivity index (χ2n) is 3.02. The van der Waals surface area contributed by atoms with E-state index >= 15 is 0 Å². The molecule has 0 amide bonds. The Kier molecular flexibility index (Phi) is 3.74. The fraction of sp³-hybridized carbons (Fsp3) is 0.200. The Hall–Kier alpha value is -0.710. The van der Waals surface area contributed by atoms with E-state index < -0.39 is 0 Å². The average Bonchev–Trinajstić information content (AvgIpc) is 2.67. The molecular formula is C10H9Cl2N3S. The van der Waals surface area contributed by atoms with Gasteiger partial charge in [0.25, 0.3) is 0 Å². The monoisotopic (exact) mass is 273 g/mol. The van der Waals surface area contributed by atoms with Gasteiger partial charge in [-0.15, -0.1) is 5.10 Å². The molecule has 1 aromatic heterocycles. The van der Waals surface area contributed by atoms with Gasteiger partial charge in [-0.05, 0) is 24.0 Å². The van der Waals surface area contributed by atoms with Crippen molar-refractivity contribution >= 4 is 35.0 Å². The number of rotatable bonds is 3. The summed E-state index contributed by atoms with van der Waals surface area (Å²) < 4.78 is 0. The largest absolute Gasteiger partial charge is 0.258 e. The number of aromatic nitrogens is 3. The number of hydrogen-bond donors (Lipinski definition) is 1. The Morgan fingerprint density at radius 3 is 2.88 bits per heavy atom. The molecule has 0 atom stereocenters.